The van der Waals surface area contributed by atoms with E-state index in [4.69, 9.17) is 9.47 Å². The first-order valence-corrected chi connectivity index (χ1v) is 13.0. The summed E-state index contributed by atoms with van der Waals surface area (Å²) in [7, 11) is 0. The predicted octanol–water partition coefficient (Wildman–Crippen LogP) is 7.31. The van der Waals surface area contributed by atoms with Crippen molar-refractivity contribution in [2.75, 3.05) is 0 Å². The molecule has 4 aromatic carbocycles. The molecule has 1 aliphatic rings. The number of rotatable bonds is 5. The number of fused-ring (bicyclic) bond motifs is 1. The third-order valence-corrected chi connectivity index (χ3v) is 7.71. The summed E-state index contributed by atoms with van der Waals surface area (Å²) in [5.74, 6) is -1.32. The number of aryl methyl sites for hydroxylation is 3. The van der Waals surface area contributed by atoms with Crippen molar-refractivity contribution in [1.82, 2.24) is 0 Å². The minimum atomic E-state index is -0.721. The average molecular weight is 505 g/mol. The largest absolute Gasteiger partial charge is 0.454 e. The van der Waals surface area contributed by atoms with Crippen molar-refractivity contribution >= 4 is 11.9 Å². The third kappa shape index (κ3) is 4.74. The van der Waals surface area contributed by atoms with E-state index in [1.807, 2.05) is 81.4 Å². The molecule has 4 aromatic rings. The molecule has 0 aromatic heterocycles. The van der Waals surface area contributed by atoms with Gasteiger partial charge in [0, 0.05) is 5.92 Å². The maximum Gasteiger partial charge on any atom is 0.338 e. The van der Waals surface area contributed by atoms with E-state index in [9.17, 15) is 9.59 Å². The number of benzene rings is 4. The van der Waals surface area contributed by atoms with Crippen molar-refractivity contribution < 1.29 is 19.1 Å². The SMILES string of the molecule is Cc1ccccc1C(=O)OC1C(OC(=O)c2ccccc2C)[C@@H](C)c2ccccc2[C@@H]1c1ccccc1C. The Morgan fingerprint density at radius 1 is 0.526 bits per heavy atom. The van der Waals surface area contributed by atoms with E-state index in [1.54, 1.807) is 12.1 Å². The second-order valence-electron chi connectivity index (χ2n) is 10.1. The number of esters is 2. The standard InChI is InChI=1S/C34H32O4/c1-21-13-5-8-16-25(21)30-29-20-12-11-19-28(29)24(4)31(37-33(35)26-17-9-6-14-22(26)2)32(30)38-34(36)27-18-10-7-15-23(27)3/h5-20,24,30-32H,1-4H3/t24-,30-,31?,32?/m0/s1. The van der Waals surface area contributed by atoms with Gasteiger partial charge in [-0.15, -0.1) is 0 Å². The van der Waals surface area contributed by atoms with E-state index in [-0.39, 0.29) is 11.8 Å². The summed E-state index contributed by atoms with van der Waals surface area (Å²) in [6, 6.07) is 31.1. The van der Waals surface area contributed by atoms with Gasteiger partial charge in [0.2, 0.25) is 0 Å². The van der Waals surface area contributed by atoms with Crippen LogP contribution in [0.5, 0.6) is 0 Å². The molecule has 0 bridgehead atoms. The highest BCUT2D eigenvalue weighted by Gasteiger charge is 2.47. The molecule has 0 spiro atoms. The Bertz CT molecular complexity index is 1490. The van der Waals surface area contributed by atoms with E-state index in [0.717, 1.165) is 33.4 Å². The lowest BCUT2D eigenvalue weighted by molar-refractivity contribution is -0.0533. The summed E-state index contributed by atoms with van der Waals surface area (Å²) in [6.45, 7) is 7.88. The molecule has 4 atom stereocenters. The molecule has 0 fully saturated rings. The van der Waals surface area contributed by atoms with Gasteiger partial charge >= 0.3 is 11.9 Å². The van der Waals surface area contributed by atoms with Gasteiger partial charge in [-0.1, -0.05) is 91.9 Å². The molecule has 4 nitrogen and oxygen atoms in total. The summed E-state index contributed by atoms with van der Waals surface area (Å²) in [6.07, 6.45) is -1.41. The lowest BCUT2D eigenvalue weighted by Gasteiger charge is -2.42. The topological polar surface area (TPSA) is 52.6 Å². The first kappa shape index (κ1) is 25.5. The molecule has 0 amide bonds. The summed E-state index contributed by atoms with van der Waals surface area (Å²) in [4.78, 5) is 27.1. The van der Waals surface area contributed by atoms with Crippen LogP contribution in [0.4, 0.5) is 0 Å². The van der Waals surface area contributed by atoms with Crippen LogP contribution >= 0.6 is 0 Å². The quantitative estimate of drug-likeness (QED) is 0.267. The fourth-order valence-electron chi connectivity index (χ4n) is 5.60. The van der Waals surface area contributed by atoms with Gasteiger partial charge in [-0.05, 0) is 66.3 Å². The van der Waals surface area contributed by atoms with Gasteiger partial charge in [0.05, 0.1) is 17.0 Å². The molecule has 5 rings (SSSR count). The van der Waals surface area contributed by atoms with E-state index < -0.39 is 24.1 Å². The highest BCUT2D eigenvalue weighted by molar-refractivity contribution is 5.92. The molecule has 2 unspecified atom stereocenters. The summed E-state index contributed by atoms with van der Waals surface area (Å²) < 4.78 is 12.7. The van der Waals surface area contributed by atoms with Crippen LogP contribution in [0.3, 0.4) is 0 Å². The smallest absolute Gasteiger partial charge is 0.338 e. The van der Waals surface area contributed by atoms with Crippen molar-refractivity contribution in [2.45, 2.75) is 51.7 Å². The molecule has 192 valence electrons. The summed E-state index contributed by atoms with van der Waals surface area (Å²) in [5, 5.41) is 0. The maximum atomic E-state index is 13.6. The number of carbonyl (C=O) groups excluding carboxylic acids is 2. The van der Waals surface area contributed by atoms with Crippen LogP contribution < -0.4 is 0 Å². The zero-order chi connectivity index (χ0) is 26.8. The second-order valence-corrected chi connectivity index (χ2v) is 10.1. The van der Waals surface area contributed by atoms with Crippen LogP contribution in [0.15, 0.2) is 97.1 Å². The number of carbonyl (C=O) groups is 2. The highest BCUT2D eigenvalue weighted by atomic mass is 16.6. The first-order chi connectivity index (χ1) is 18.4. The van der Waals surface area contributed by atoms with Crippen molar-refractivity contribution in [3.63, 3.8) is 0 Å². The van der Waals surface area contributed by atoms with Crippen molar-refractivity contribution in [3.05, 3.63) is 142 Å². The maximum absolute atomic E-state index is 13.6. The van der Waals surface area contributed by atoms with Crippen LogP contribution in [0.1, 0.15) is 72.9 Å². The fourth-order valence-corrected chi connectivity index (χ4v) is 5.60. The van der Waals surface area contributed by atoms with E-state index >= 15 is 0 Å². The van der Waals surface area contributed by atoms with Gasteiger partial charge in [0.25, 0.3) is 0 Å². The highest BCUT2D eigenvalue weighted by Crippen LogP contribution is 2.46. The molecule has 38 heavy (non-hydrogen) atoms. The van der Waals surface area contributed by atoms with Crippen LogP contribution in [0, 0.1) is 20.8 Å². The van der Waals surface area contributed by atoms with Crippen molar-refractivity contribution in [2.24, 2.45) is 0 Å². The normalized spacial score (nSPS) is 20.3. The Morgan fingerprint density at radius 3 is 1.47 bits per heavy atom. The van der Waals surface area contributed by atoms with Gasteiger partial charge in [-0.25, -0.2) is 9.59 Å². The van der Waals surface area contributed by atoms with Gasteiger partial charge < -0.3 is 9.47 Å². The Hall–Kier alpha value is -4.18. The number of hydrogen-bond acceptors (Lipinski definition) is 4. The molecule has 0 radical (unpaired) electrons. The van der Waals surface area contributed by atoms with Gasteiger partial charge in [0.1, 0.15) is 6.10 Å². The minimum Gasteiger partial charge on any atom is -0.454 e. The fraction of sp³-hybridized carbons (Fsp3) is 0.235. The predicted molar refractivity (Wildman–Crippen MR) is 149 cm³/mol. The van der Waals surface area contributed by atoms with Crippen LogP contribution in [0.2, 0.25) is 0 Å². The Balaban J connectivity index is 1.64. The lowest BCUT2D eigenvalue weighted by atomic mass is 9.70. The summed E-state index contributed by atoms with van der Waals surface area (Å²) >= 11 is 0. The molecule has 0 saturated heterocycles. The third-order valence-electron chi connectivity index (χ3n) is 7.71. The van der Waals surface area contributed by atoms with E-state index in [1.165, 1.54) is 0 Å². The van der Waals surface area contributed by atoms with Crippen LogP contribution in [-0.4, -0.2) is 24.1 Å². The molecule has 1 aliphatic carbocycles. The van der Waals surface area contributed by atoms with Gasteiger partial charge in [0.15, 0.2) is 6.10 Å². The number of hydrogen-bond donors (Lipinski definition) is 0. The van der Waals surface area contributed by atoms with Crippen LogP contribution in [0.25, 0.3) is 0 Å². The van der Waals surface area contributed by atoms with Crippen molar-refractivity contribution in [1.29, 1.82) is 0 Å². The van der Waals surface area contributed by atoms with Crippen molar-refractivity contribution in [3.8, 4) is 0 Å². The zero-order valence-corrected chi connectivity index (χ0v) is 22.2. The zero-order valence-electron chi connectivity index (χ0n) is 22.2. The molecule has 0 saturated carbocycles. The Labute approximate surface area is 224 Å². The molecule has 0 N–H and O–H groups in total. The lowest BCUT2D eigenvalue weighted by Crippen LogP contribution is -2.47. The minimum absolute atomic E-state index is 0.186. The summed E-state index contributed by atoms with van der Waals surface area (Å²) in [5.41, 5.74) is 7.00. The first-order valence-electron chi connectivity index (χ1n) is 13.0. The van der Waals surface area contributed by atoms with E-state index in [0.29, 0.717) is 11.1 Å². The van der Waals surface area contributed by atoms with Crippen LogP contribution in [-0.2, 0) is 9.47 Å². The number of ether oxygens (including phenoxy) is 2. The van der Waals surface area contributed by atoms with Gasteiger partial charge in [-0.2, -0.15) is 0 Å². The van der Waals surface area contributed by atoms with Gasteiger partial charge in [-0.3, -0.25) is 0 Å². The molecular weight excluding hydrogens is 472 g/mol. The Kier molecular flexibility index (Phi) is 7.15. The molecule has 0 heterocycles. The Morgan fingerprint density at radius 2 is 0.947 bits per heavy atom. The van der Waals surface area contributed by atoms with E-state index in [2.05, 4.69) is 31.2 Å². The molecule has 0 aliphatic heterocycles. The second kappa shape index (κ2) is 10.7. The monoisotopic (exact) mass is 504 g/mol. The molecular formula is C34H32O4. The molecule has 4 heteroatoms. The average Bonchev–Trinajstić information content (AvgIpc) is 2.92.